The highest BCUT2D eigenvalue weighted by molar-refractivity contribution is 4.90. The molecule has 1 aliphatic heterocycles. The summed E-state index contributed by atoms with van der Waals surface area (Å²) < 4.78 is 5.18. The van der Waals surface area contributed by atoms with Crippen molar-refractivity contribution in [1.82, 2.24) is 10.2 Å². The molecule has 2 fully saturated rings. The summed E-state index contributed by atoms with van der Waals surface area (Å²) in [6.45, 7) is 4.39. The summed E-state index contributed by atoms with van der Waals surface area (Å²) in [6, 6.07) is 1.64. The van der Waals surface area contributed by atoms with Crippen LogP contribution in [-0.4, -0.2) is 50.3 Å². The average Bonchev–Trinajstić information content (AvgIpc) is 3.04. The quantitative estimate of drug-likeness (QED) is 0.709. The third-order valence-electron chi connectivity index (χ3n) is 3.31. The molecule has 0 bridgehead atoms. The topological polar surface area (TPSA) is 24.5 Å². The standard InChI is InChI=1S/C11H22N2O/c1-14-8-7-13(10-4-5-10)11-3-2-6-12-9-11/h10-12H,2-9H2,1H3. The molecule has 3 nitrogen and oxygen atoms in total. The number of nitrogens with zero attached hydrogens (tertiary/aromatic N) is 1. The van der Waals surface area contributed by atoms with Crippen molar-refractivity contribution in [2.45, 2.75) is 37.8 Å². The molecule has 1 aliphatic carbocycles. The molecular formula is C11H22N2O. The molecule has 1 atom stereocenters. The Balaban J connectivity index is 1.81. The Morgan fingerprint density at radius 2 is 2.14 bits per heavy atom. The van der Waals surface area contributed by atoms with Crippen molar-refractivity contribution < 1.29 is 4.74 Å². The van der Waals surface area contributed by atoms with Gasteiger partial charge < -0.3 is 10.1 Å². The predicted octanol–water partition coefficient (Wildman–Crippen LogP) is 0.849. The van der Waals surface area contributed by atoms with E-state index in [-0.39, 0.29) is 0 Å². The summed E-state index contributed by atoms with van der Waals surface area (Å²) in [6.07, 6.45) is 5.51. The average molecular weight is 198 g/mol. The zero-order chi connectivity index (χ0) is 9.80. The molecule has 0 aromatic carbocycles. The Morgan fingerprint density at radius 1 is 1.29 bits per heavy atom. The van der Waals surface area contributed by atoms with Crippen LogP contribution in [0.4, 0.5) is 0 Å². The predicted molar refractivity (Wildman–Crippen MR) is 57.5 cm³/mol. The summed E-state index contributed by atoms with van der Waals surface area (Å²) in [4.78, 5) is 2.66. The molecular weight excluding hydrogens is 176 g/mol. The molecule has 2 rings (SSSR count). The Bertz CT molecular complexity index is 165. The normalized spacial score (nSPS) is 28.3. The van der Waals surface area contributed by atoms with Crippen LogP contribution in [0.2, 0.25) is 0 Å². The number of methoxy groups -OCH3 is 1. The zero-order valence-corrected chi connectivity index (χ0v) is 9.17. The van der Waals surface area contributed by atoms with Crippen molar-refractivity contribution in [3.63, 3.8) is 0 Å². The summed E-state index contributed by atoms with van der Waals surface area (Å²) in [5, 5.41) is 3.49. The maximum Gasteiger partial charge on any atom is 0.0589 e. The van der Waals surface area contributed by atoms with Crippen molar-refractivity contribution in [2.24, 2.45) is 0 Å². The largest absolute Gasteiger partial charge is 0.383 e. The number of ether oxygens (including phenoxy) is 1. The van der Waals surface area contributed by atoms with Gasteiger partial charge >= 0.3 is 0 Å². The van der Waals surface area contributed by atoms with Gasteiger partial charge in [0.05, 0.1) is 6.61 Å². The molecule has 2 aliphatic rings. The molecule has 1 saturated carbocycles. The molecule has 1 unspecified atom stereocenters. The fraction of sp³-hybridized carbons (Fsp3) is 1.00. The Morgan fingerprint density at radius 3 is 2.71 bits per heavy atom. The van der Waals surface area contributed by atoms with Crippen LogP contribution in [0.5, 0.6) is 0 Å². The molecule has 0 radical (unpaired) electrons. The number of nitrogens with one attached hydrogen (secondary N) is 1. The smallest absolute Gasteiger partial charge is 0.0589 e. The molecule has 3 heteroatoms. The minimum atomic E-state index is 0.770. The van der Waals surface area contributed by atoms with Crippen LogP contribution in [0, 0.1) is 0 Å². The number of piperidine rings is 1. The Labute approximate surface area is 86.8 Å². The minimum Gasteiger partial charge on any atom is -0.383 e. The van der Waals surface area contributed by atoms with E-state index in [9.17, 15) is 0 Å². The second kappa shape index (κ2) is 5.10. The monoisotopic (exact) mass is 198 g/mol. The highest BCUT2D eigenvalue weighted by Crippen LogP contribution is 2.29. The molecule has 1 saturated heterocycles. The van der Waals surface area contributed by atoms with E-state index >= 15 is 0 Å². The first-order valence-electron chi connectivity index (χ1n) is 5.87. The number of hydrogen-bond donors (Lipinski definition) is 1. The van der Waals surface area contributed by atoms with Crippen LogP contribution in [0.15, 0.2) is 0 Å². The van der Waals surface area contributed by atoms with Gasteiger partial charge in [-0.2, -0.15) is 0 Å². The molecule has 0 spiro atoms. The molecule has 1 heterocycles. The second-order valence-corrected chi connectivity index (χ2v) is 4.46. The first-order chi connectivity index (χ1) is 6.92. The van der Waals surface area contributed by atoms with Gasteiger partial charge in [0.15, 0.2) is 0 Å². The van der Waals surface area contributed by atoms with Crippen molar-refractivity contribution in [3.8, 4) is 0 Å². The van der Waals surface area contributed by atoms with E-state index in [2.05, 4.69) is 10.2 Å². The lowest BCUT2D eigenvalue weighted by atomic mass is 10.1. The molecule has 82 valence electrons. The van der Waals surface area contributed by atoms with Gasteiger partial charge in [-0.05, 0) is 32.2 Å². The maximum atomic E-state index is 5.18. The fourth-order valence-electron chi connectivity index (χ4n) is 2.38. The zero-order valence-electron chi connectivity index (χ0n) is 9.17. The number of hydrogen-bond acceptors (Lipinski definition) is 3. The lowest BCUT2D eigenvalue weighted by molar-refractivity contribution is 0.101. The van der Waals surface area contributed by atoms with E-state index in [4.69, 9.17) is 4.74 Å². The highest BCUT2D eigenvalue weighted by Gasteiger charge is 2.33. The third kappa shape index (κ3) is 2.69. The van der Waals surface area contributed by atoms with E-state index in [0.717, 1.165) is 25.2 Å². The summed E-state index contributed by atoms with van der Waals surface area (Å²) in [7, 11) is 1.80. The fourth-order valence-corrected chi connectivity index (χ4v) is 2.38. The lowest BCUT2D eigenvalue weighted by Gasteiger charge is -2.34. The van der Waals surface area contributed by atoms with Crippen LogP contribution >= 0.6 is 0 Å². The molecule has 0 aromatic heterocycles. The van der Waals surface area contributed by atoms with Gasteiger partial charge in [-0.15, -0.1) is 0 Å². The van der Waals surface area contributed by atoms with Gasteiger partial charge in [-0.1, -0.05) is 0 Å². The second-order valence-electron chi connectivity index (χ2n) is 4.46. The first-order valence-corrected chi connectivity index (χ1v) is 5.87. The van der Waals surface area contributed by atoms with Gasteiger partial charge in [0.2, 0.25) is 0 Å². The van der Waals surface area contributed by atoms with Gasteiger partial charge in [-0.3, -0.25) is 4.90 Å². The summed E-state index contributed by atoms with van der Waals surface area (Å²) in [5.41, 5.74) is 0. The van der Waals surface area contributed by atoms with Gasteiger partial charge in [-0.25, -0.2) is 0 Å². The third-order valence-corrected chi connectivity index (χ3v) is 3.31. The Kier molecular flexibility index (Phi) is 3.79. The first kappa shape index (κ1) is 10.4. The summed E-state index contributed by atoms with van der Waals surface area (Å²) >= 11 is 0. The van der Waals surface area contributed by atoms with Crippen molar-refractivity contribution in [2.75, 3.05) is 33.4 Å². The lowest BCUT2D eigenvalue weighted by Crippen LogP contribution is -2.48. The SMILES string of the molecule is COCCN(C1CC1)C1CCCNC1. The molecule has 0 amide bonds. The van der Waals surface area contributed by atoms with E-state index < -0.39 is 0 Å². The number of rotatable bonds is 5. The van der Waals surface area contributed by atoms with Gasteiger partial charge in [0.25, 0.3) is 0 Å². The van der Waals surface area contributed by atoms with Crippen LogP contribution in [0.25, 0.3) is 0 Å². The Hall–Kier alpha value is -0.120. The van der Waals surface area contributed by atoms with E-state index in [1.54, 1.807) is 7.11 Å². The molecule has 0 aromatic rings. The highest BCUT2D eigenvalue weighted by atomic mass is 16.5. The van der Waals surface area contributed by atoms with E-state index in [1.807, 2.05) is 0 Å². The summed E-state index contributed by atoms with van der Waals surface area (Å²) in [5.74, 6) is 0. The van der Waals surface area contributed by atoms with Crippen LogP contribution in [-0.2, 0) is 4.74 Å². The van der Waals surface area contributed by atoms with Crippen LogP contribution in [0.1, 0.15) is 25.7 Å². The van der Waals surface area contributed by atoms with Crippen molar-refractivity contribution in [1.29, 1.82) is 0 Å². The van der Waals surface area contributed by atoms with Crippen LogP contribution in [0.3, 0.4) is 0 Å². The molecule has 1 N–H and O–H groups in total. The van der Waals surface area contributed by atoms with Crippen molar-refractivity contribution in [3.05, 3.63) is 0 Å². The van der Waals surface area contributed by atoms with E-state index in [1.165, 1.54) is 38.8 Å². The van der Waals surface area contributed by atoms with Crippen molar-refractivity contribution >= 4 is 0 Å². The molecule has 14 heavy (non-hydrogen) atoms. The van der Waals surface area contributed by atoms with Gasteiger partial charge in [0, 0.05) is 32.3 Å². The minimum absolute atomic E-state index is 0.770. The van der Waals surface area contributed by atoms with E-state index in [0.29, 0.717) is 0 Å². The maximum absolute atomic E-state index is 5.18. The van der Waals surface area contributed by atoms with Gasteiger partial charge in [0.1, 0.15) is 0 Å². The van der Waals surface area contributed by atoms with Crippen LogP contribution < -0.4 is 5.32 Å².